The Morgan fingerprint density at radius 3 is 3.23 bits per heavy atom. The van der Waals surface area contributed by atoms with E-state index in [4.69, 9.17) is 5.73 Å². The molecule has 5 heteroatoms. The third-order valence-electron chi connectivity index (χ3n) is 2.12. The molecule has 1 atom stereocenters. The van der Waals surface area contributed by atoms with Gasteiger partial charge < -0.3 is 11.1 Å². The number of H-pyrrole nitrogens is 1. The molecular formula is C8H14N4S. The Balaban J connectivity index is 1.89. The number of aromatic nitrogens is 2. The first-order chi connectivity index (χ1) is 6.34. The Labute approximate surface area is 81.7 Å². The van der Waals surface area contributed by atoms with Crippen molar-refractivity contribution >= 4 is 17.6 Å². The molecule has 0 amide bonds. The zero-order valence-electron chi connectivity index (χ0n) is 7.42. The van der Waals surface area contributed by atoms with Crippen LogP contribution in [0.4, 0.5) is 5.82 Å². The molecular weight excluding hydrogens is 184 g/mol. The van der Waals surface area contributed by atoms with Gasteiger partial charge in [-0.1, -0.05) is 0 Å². The van der Waals surface area contributed by atoms with E-state index in [1.165, 1.54) is 11.5 Å². The summed E-state index contributed by atoms with van der Waals surface area (Å²) < 4.78 is 0. The number of nitrogens with one attached hydrogen (secondary N) is 2. The van der Waals surface area contributed by atoms with Crippen LogP contribution in [0.15, 0.2) is 6.07 Å². The molecule has 72 valence electrons. The van der Waals surface area contributed by atoms with E-state index in [0.717, 1.165) is 18.7 Å². The first kappa shape index (κ1) is 8.90. The Bertz CT molecular complexity index is 267. The zero-order chi connectivity index (χ0) is 9.10. The predicted octanol–water partition coefficient (Wildman–Crippen LogP) is 0.239. The molecule has 0 bridgehead atoms. The summed E-state index contributed by atoms with van der Waals surface area (Å²) in [5, 5.41) is 10.3. The first-order valence-corrected chi connectivity index (χ1v) is 5.61. The standard InChI is InChI=1S/C8H14N4S/c9-8-4-6(11-12-8)3-7-5-13-2-1-10-7/h4,7,10H,1-3,5H2,(H3,9,11,12). The van der Waals surface area contributed by atoms with Gasteiger partial charge in [-0.3, -0.25) is 5.10 Å². The van der Waals surface area contributed by atoms with Crippen molar-refractivity contribution in [3.63, 3.8) is 0 Å². The summed E-state index contributed by atoms with van der Waals surface area (Å²) in [6, 6.07) is 2.47. The Kier molecular flexibility index (Phi) is 2.75. The minimum Gasteiger partial charge on any atom is -0.382 e. The van der Waals surface area contributed by atoms with Crippen molar-refractivity contribution in [2.75, 3.05) is 23.8 Å². The van der Waals surface area contributed by atoms with Crippen LogP contribution in [0.2, 0.25) is 0 Å². The molecule has 0 saturated carbocycles. The molecule has 13 heavy (non-hydrogen) atoms. The van der Waals surface area contributed by atoms with Gasteiger partial charge >= 0.3 is 0 Å². The fraction of sp³-hybridized carbons (Fsp3) is 0.625. The summed E-state index contributed by atoms with van der Waals surface area (Å²) in [6.45, 7) is 1.11. The van der Waals surface area contributed by atoms with Crippen molar-refractivity contribution in [1.29, 1.82) is 0 Å². The lowest BCUT2D eigenvalue weighted by Crippen LogP contribution is -2.38. The van der Waals surface area contributed by atoms with E-state index in [1.54, 1.807) is 0 Å². The van der Waals surface area contributed by atoms with Gasteiger partial charge in [0, 0.05) is 42.3 Å². The first-order valence-electron chi connectivity index (χ1n) is 4.45. The molecule has 0 radical (unpaired) electrons. The van der Waals surface area contributed by atoms with Gasteiger partial charge in [-0.15, -0.1) is 0 Å². The van der Waals surface area contributed by atoms with Crippen LogP contribution in [0.1, 0.15) is 5.69 Å². The number of thioether (sulfide) groups is 1. The third kappa shape index (κ3) is 2.38. The van der Waals surface area contributed by atoms with Crippen LogP contribution >= 0.6 is 11.8 Å². The van der Waals surface area contributed by atoms with Crippen LogP contribution < -0.4 is 11.1 Å². The van der Waals surface area contributed by atoms with Crippen LogP contribution in [0.3, 0.4) is 0 Å². The second-order valence-corrected chi connectivity index (χ2v) is 4.40. The fourth-order valence-corrected chi connectivity index (χ4v) is 2.45. The second-order valence-electron chi connectivity index (χ2n) is 3.25. The van der Waals surface area contributed by atoms with Gasteiger partial charge in [0.25, 0.3) is 0 Å². The number of nitrogens with zero attached hydrogens (tertiary/aromatic N) is 1. The Hall–Kier alpha value is -0.680. The predicted molar refractivity (Wildman–Crippen MR) is 55.8 cm³/mol. The topological polar surface area (TPSA) is 66.7 Å². The SMILES string of the molecule is Nc1cc(CC2CSCCN2)[nH]n1. The van der Waals surface area contributed by atoms with Gasteiger partial charge in [-0.25, -0.2) is 0 Å². The molecule has 1 aromatic heterocycles. The average molecular weight is 198 g/mol. The normalized spacial score (nSPS) is 23.2. The maximum atomic E-state index is 5.52. The summed E-state index contributed by atoms with van der Waals surface area (Å²) in [6.07, 6.45) is 0.997. The van der Waals surface area contributed by atoms with Gasteiger partial charge in [-0.2, -0.15) is 16.9 Å². The lowest BCUT2D eigenvalue weighted by atomic mass is 10.2. The number of hydrogen-bond donors (Lipinski definition) is 3. The van der Waals surface area contributed by atoms with E-state index in [2.05, 4.69) is 15.5 Å². The lowest BCUT2D eigenvalue weighted by Gasteiger charge is -2.22. The molecule has 1 aliphatic rings. The molecule has 0 aromatic carbocycles. The fourth-order valence-electron chi connectivity index (χ4n) is 1.50. The molecule has 2 heterocycles. The van der Waals surface area contributed by atoms with Crippen molar-refractivity contribution in [2.24, 2.45) is 0 Å². The summed E-state index contributed by atoms with van der Waals surface area (Å²) >= 11 is 2.00. The van der Waals surface area contributed by atoms with E-state index >= 15 is 0 Å². The quantitative estimate of drug-likeness (QED) is 0.637. The Morgan fingerprint density at radius 2 is 2.62 bits per heavy atom. The summed E-state index contributed by atoms with van der Waals surface area (Å²) in [4.78, 5) is 0. The van der Waals surface area contributed by atoms with Crippen LogP contribution in [-0.4, -0.2) is 34.3 Å². The maximum Gasteiger partial charge on any atom is 0.145 e. The number of aromatic amines is 1. The minimum absolute atomic E-state index is 0.568. The van der Waals surface area contributed by atoms with Crippen molar-refractivity contribution in [1.82, 2.24) is 15.5 Å². The van der Waals surface area contributed by atoms with Crippen LogP contribution in [0, 0.1) is 0 Å². The maximum absolute atomic E-state index is 5.52. The summed E-state index contributed by atoms with van der Waals surface area (Å²) in [5.74, 6) is 2.99. The molecule has 1 aromatic rings. The molecule has 1 unspecified atom stereocenters. The van der Waals surface area contributed by atoms with Gasteiger partial charge in [0.15, 0.2) is 0 Å². The minimum atomic E-state index is 0.568. The summed E-state index contributed by atoms with van der Waals surface area (Å²) in [5.41, 5.74) is 6.64. The molecule has 0 aliphatic carbocycles. The highest BCUT2D eigenvalue weighted by Crippen LogP contribution is 2.12. The van der Waals surface area contributed by atoms with Crippen LogP contribution in [0.5, 0.6) is 0 Å². The smallest absolute Gasteiger partial charge is 0.145 e. The van der Waals surface area contributed by atoms with Gasteiger partial charge in [-0.05, 0) is 0 Å². The second kappa shape index (κ2) is 4.02. The highest BCUT2D eigenvalue weighted by Gasteiger charge is 2.13. The molecule has 0 spiro atoms. The van der Waals surface area contributed by atoms with E-state index in [1.807, 2.05) is 17.8 Å². The van der Waals surface area contributed by atoms with Gasteiger partial charge in [0.05, 0.1) is 0 Å². The largest absolute Gasteiger partial charge is 0.382 e. The molecule has 4 nitrogen and oxygen atoms in total. The van der Waals surface area contributed by atoms with Crippen LogP contribution in [-0.2, 0) is 6.42 Å². The van der Waals surface area contributed by atoms with Gasteiger partial charge in [0.2, 0.25) is 0 Å². The third-order valence-corrected chi connectivity index (χ3v) is 3.25. The van der Waals surface area contributed by atoms with Crippen LogP contribution in [0.25, 0.3) is 0 Å². The average Bonchev–Trinajstić information content (AvgIpc) is 2.53. The molecule has 4 N–H and O–H groups in total. The van der Waals surface area contributed by atoms with E-state index in [9.17, 15) is 0 Å². The summed E-state index contributed by atoms with van der Waals surface area (Å²) in [7, 11) is 0. The number of hydrogen-bond acceptors (Lipinski definition) is 4. The zero-order valence-corrected chi connectivity index (χ0v) is 8.23. The number of rotatable bonds is 2. The van der Waals surface area contributed by atoms with Crippen molar-refractivity contribution in [3.8, 4) is 0 Å². The van der Waals surface area contributed by atoms with E-state index < -0.39 is 0 Å². The highest BCUT2D eigenvalue weighted by molar-refractivity contribution is 7.99. The van der Waals surface area contributed by atoms with Crippen molar-refractivity contribution < 1.29 is 0 Å². The monoisotopic (exact) mass is 198 g/mol. The highest BCUT2D eigenvalue weighted by atomic mass is 32.2. The molecule has 1 aliphatic heterocycles. The molecule has 1 saturated heterocycles. The number of nitrogen functional groups attached to an aromatic ring is 1. The molecule has 2 rings (SSSR count). The number of anilines is 1. The molecule has 1 fully saturated rings. The van der Waals surface area contributed by atoms with Gasteiger partial charge in [0.1, 0.15) is 5.82 Å². The van der Waals surface area contributed by atoms with E-state index in [0.29, 0.717) is 11.9 Å². The lowest BCUT2D eigenvalue weighted by molar-refractivity contribution is 0.557. The van der Waals surface area contributed by atoms with E-state index in [-0.39, 0.29) is 0 Å². The number of nitrogens with two attached hydrogens (primary N) is 1. The Morgan fingerprint density at radius 1 is 1.69 bits per heavy atom. The van der Waals surface area contributed by atoms with Crippen molar-refractivity contribution in [2.45, 2.75) is 12.5 Å². The van der Waals surface area contributed by atoms with Crippen molar-refractivity contribution in [3.05, 3.63) is 11.8 Å².